The van der Waals surface area contributed by atoms with E-state index >= 15 is 0 Å². The van der Waals surface area contributed by atoms with Gasteiger partial charge in [0.05, 0.1) is 6.04 Å². The van der Waals surface area contributed by atoms with Gasteiger partial charge in [0.15, 0.2) is 5.82 Å². The van der Waals surface area contributed by atoms with Crippen LogP contribution in [-0.2, 0) is 6.42 Å². The lowest BCUT2D eigenvalue weighted by Crippen LogP contribution is -2.15. The molecule has 2 rings (SSSR count). The second-order valence-corrected chi connectivity index (χ2v) is 3.82. The molecule has 0 saturated heterocycles. The lowest BCUT2D eigenvalue weighted by Gasteiger charge is -2.08. The average molecular weight is 245 g/mol. The summed E-state index contributed by atoms with van der Waals surface area (Å²) in [5.74, 6) is 1.33. The van der Waals surface area contributed by atoms with E-state index in [0.29, 0.717) is 18.9 Å². The Morgan fingerprint density at radius 3 is 2.78 bits per heavy atom. The number of rotatable bonds is 6. The van der Waals surface area contributed by atoms with E-state index in [1.807, 2.05) is 24.3 Å². The normalized spacial score (nSPS) is 12.1. The minimum Gasteiger partial charge on any atom is -0.490 e. The maximum absolute atomic E-state index is 5.96. The van der Waals surface area contributed by atoms with E-state index in [4.69, 9.17) is 10.5 Å². The molecule has 0 aliphatic rings. The topological polar surface area (TPSA) is 89.7 Å². The van der Waals surface area contributed by atoms with Crippen molar-refractivity contribution in [2.75, 3.05) is 6.61 Å². The number of H-pyrrole nitrogens is 1. The highest BCUT2D eigenvalue weighted by molar-refractivity contribution is 5.28. The summed E-state index contributed by atoms with van der Waals surface area (Å²) in [6.45, 7) is 4.10. The van der Waals surface area contributed by atoms with Crippen molar-refractivity contribution in [1.82, 2.24) is 20.6 Å². The van der Waals surface area contributed by atoms with Gasteiger partial charge in [0.2, 0.25) is 0 Å². The second-order valence-electron chi connectivity index (χ2n) is 3.82. The summed E-state index contributed by atoms with van der Waals surface area (Å²) in [6.07, 6.45) is 2.36. The van der Waals surface area contributed by atoms with Crippen LogP contribution >= 0.6 is 0 Å². The summed E-state index contributed by atoms with van der Waals surface area (Å²) in [5, 5.41) is 13.6. The number of nitrogens with two attached hydrogens (primary N) is 1. The van der Waals surface area contributed by atoms with Crippen LogP contribution in [0.25, 0.3) is 0 Å². The van der Waals surface area contributed by atoms with Gasteiger partial charge >= 0.3 is 0 Å². The van der Waals surface area contributed by atoms with Crippen molar-refractivity contribution >= 4 is 0 Å². The molecule has 3 N–H and O–H groups in total. The maximum Gasteiger partial charge on any atom is 0.191 e. The smallest absolute Gasteiger partial charge is 0.191 e. The third-order valence-electron chi connectivity index (χ3n) is 2.44. The van der Waals surface area contributed by atoms with Crippen molar-refractivity contribution in [3.63, 3.8) is 0 Å². The van der Waals surface area contributed by atoms with Crippen LogP contribution in [0.3, 0.4) is 0 Å². The van der Waals surface area contributed by atoms with Crippen LogP contribution in [0.5, 0.6) is 5.75 Å². The predicted molar refractivity (Wildman–Crippen MR) is 66.9 cm³/mol. The maximum atomic E-state index is 5.96. The SMILES string of the molecule is C=CCOc1ccc(C[C@H](N)c2nn[nH]n2)cc1. The molecule has 0 radical (unpaired) electrons. The van der Waals surface area contributed by atoms with E-state index in [9.17, 15) is 0 Å². The Labute approximate surface area is 105 Å². The van der Waals surface area contributed by atoms with Gasteiger partial charge in [0.25, 0.3) is 0 Å². The molecule has 2 aromatic rings. The molecular weight excluding hydrogens is 230 g/mol. The zero-order valence-electron chi connectivity index (χ0n) is 9.91. The summed E-state index contributed by atoms with van der Waals surface area (Å²) in [4.78, 5) is 0. The summed E-state index contributed by atoms with van der Waals surface area (Å²) in [5.41, 5.74) is 7.06. The molecule has 0 aliphatic carbocycles. The predicted octanol–water partition coefficient (Wildman–Crippen LogP) is 1.01. The van der Waals surface area contributed by atoms with Gasteiger partial charge in [-0.3, -0.25) is 0 Å². The number of hydrogen-bond donors (Lipinski definition) is 2. The Balaban J connectivity index is 1.95. The van der Waals surface area contributed by atoms with E-state index in [2.05, 4.69) is 27.2 Å². The minimum atomic E-state index is -0.260. The second kappa shape index (κ2) is 5.92. The van der Waals surface area contributed by atoms with E-state index in [0.717, 1.165) is 11.3 Å². The Morgan fingerprint density at radius 1 is 1.39 bits per heavy atom. The molecule has 1 aromatic carbocycles. The Kier molecular flexibility index (Phi) is 4.03. The fourth-order valence-electron chi connectivity index (χ4n) is 1.55. The first-order valence-electron chi connectivity index (χ1n) is 5.61. The molecule has 6 nitrogen and oxygen atoms in total. The first-order chi connectivity index (χ1) is 8.79. The number of ether oxygens (including phenoxy) is 1. The summed E-state index contributed by atoms with van der Waals surface area (Å²) in [7, 11) is 0. The molecule has 0 spiro atoms. The minimum absolute atomic E-state index is 0.260. The van der Waals surface area contributed by atoms with Crippen LogP contribution in [0.4, 0.5) is 0 Å². The number of tetrazole rings is 1. The fourth-order valence-corrected chi connectivity index (χ4v) is 1.55. The third kappa shape index (κ3) is 3.14. The van der Waals surface area contributed by atoms with Crippen molar-refractivity contribution in [3.05, 3.63) is 48.3 Å². The molecule has 0 bridgehead atoms. The standard InChI is InChI=1S/C12H15N5O/c1-2-7-18-10-5-3-9(4-6-10)8-11(13)12-14-16-17-15-12/h2-6,11H,1,7-8,13H2,(H,14,15,16,17)/t11-/m0/s1. The molecular formula is C12H15N5O. The number of aromatic amines is 1. The molecule has 0 saturated carbocycles. The van der Waals surface area contributed by atoms with Crippen LogP contribution in [0.2, 0.25) is 0 Å². The number of benzene rings is 1. The van der Waals surface area contributed by atoms with Crippen molar-refractivity contribution in [3.8, 4) is 5.75 Å². The summed E-state index contributed by atoms with van der Waals surface area (Å²) >= 11 is 0. The lowest BCUT2D eigenvalue weighted by atomic mass is 10.1. The van der Waals surface area contributed by atoms with Crippen LogP contribution < -0.4 is 10.5 Å². The molecule has 6 heteroatoms. The zero-order chi connectivity index (χ0) is 12.8. The van der Waals surface area contributed by atoms with Gasteiger partial charge < -0.3 is 10.5 Å². The number of nitrogens with zero attached hydrogens (tertiary/aromatic N) is 3. The van der Waals surface area contributed by atoms with Gasteiger partial charge in [0, 0.05) is 0 Å². The largest absolute Gasteiger partial charge is 0.490 e. The van der Waals surface area contributed by atoms with Gasteiger partial charge in [0.1, 0.15) is 12.4 Å². The van der Waals surface area contributed by atoms with Gasteiger partial charge in [-0.1, -0.05) is 30.0 Å². The highest BCUT2D eigenvalue weighted by Gasteiger charge is 2.11. The monoisotopic (exact) mass is 245 g/mol. The Bertz CT molecular complexity index is 480. The van der Waals surface area contributed by atoms with Crippen molar-refractivity contribution in [2.45, 2.75) is 12.5 Å². The first kappa shape index (κ1) is 12.3. The molecule has 1 heterocycles. The van der Waals surface area contributed by atoms with Crippen molar-refractivity contribution < 1.29 is 4.74 Å². The van der Waals surface area contributed by atoms with E-state index in [-0.39, 0.29) is 6.04 Å². The molecule has 0 aliphatic heterocycles. The van der Waals surface area contributed by atoms with Crippen molar-refractivity contribution in [2.24, 2.45) is 5.73 Å². The molecule has 1 atom stereocenters. The average Bonchev–Trinajstić information content (AvgIpc) is 2.92. The van der Waals surface area contributed by atoms with Crippen molar-refractivity contribution in [1.29, 1.82) is 0 Å². The first-order valence-corrected chi connectivity index (χ1v) is 5.61. The Morgan fingerprint density at radius 2 is 2.17 bits per heavy atom. The van der Waals surface area contributed by atoms with Gasteiger partial charge in [-0.25, -0.2) is 0 Å². The van der Waals surface area contributed by atoms with Crippen LogP contribution in [0.15, 0.2) is 36.9 Å². The number of aromatic nitrogens is 4. The quantitative estimate of drug-likeness (QED) is 0.741. The molecule has 18 heavy (non-hydrogen) atoms. The highest BCUT2D eigenvalue weighted by Crippen LogP contribution is 2.16. The Hall–Kier alpha value is -2.21. The van der Waals surface area contributed by atoms with E-state index in [1.165, 1.54) is 0 Å². The summed E-state index contributed by atoms with van der Waals surface area (Å²) in [6, 6.07) is 7.49. The van der Waals surface area contributed by atoms with Crippen LogP contribution in [-0.4, -0.2) is 27.2 Å². The number of hydrogen-bond acceptors (Lipinski definition) is 5. The van der Waals surface area contributed by atoms with Gasteiger partial charge in [-0.05, 0) is 24.1 Å². The third-order valence-corrected chi connectivity index (χ3v) is 2.44. The van der Waals surface area contributed by atoms with Crippen LogP contribution in [0.1, 0.15) is 17.4 Å². The van der Waals surface area contributed by atoms with Gasteiger partial charge in [-0.2, -0.15) is 5.21 Å². The van der Waals surface area contributed by atoms with Gasteiger partial charge in [-0.15, -0.1) is 10.2 Å². The lowest BCUT2D eigenvalue weighted by molar-refractivity contribution is 0.363. The molecule has 94 valence electrons. The molecule has 0 fully saturated rings. The number of nitrogens with one attached hydrogen (secondary N) is 1. The molecule has 0 amide bonds. The summed E-state index contributed by atoms with van der Waals surface area (Å²) < 4.78 is 5.40. The van der Waals surface area contributed by atoms with E-state index < -0.39 is 0 Å². The van der Waals surface area contributed by atoms with E-state index in [1.54, 1.807) is 6.08 Å². The molecule has 0 unspecified atom stereocenters. The van der Waals surface area contributed by atoms with Crippen LogP contribution in [0, 0.1) is 0 Å². The molecule has 1 aromatic heterocycles. The zero-order valence-corrected chi connectivity index (χ0v) is 9.91. The fraction of sp³-hybridized carbons (Fsp3) is 0.250. The highest BCUT2D eigenvalue weighted by atomic mass is 16.5.